The van der Waals surface area contributed by atoms with E-state index in [1.165, 1.54) is 5.57 Å². The van der Waals surface area contributed by atoms with Gasteiger partial charge < -0.3 is 0 Å². The maximum Gasteiger partial charge on any atom is 0.159 e. The first kappa shape index (κ1) is 11.2. The molecule has 0 radical (unpaired) electrons. The minimum Gasteiger partial charge on any atom is -0.295 e. The van der Waals surface area contributed by atoms with Gasteiger partial charge in [0.05, 0.1) is 0 Å². The Morgan fingerprint density at radius 3 is 2.17 bits per heavy atom. The zero-order chi connectivity index (χ0) is 9.56. The molecule has 0 fully saturated rings. The van der Waals surface area contributed by atoms with E-state index in [1.807, 2.05) is 6.92 Å². The van der Waals surface area contributed by atoms with E-state index in [9.17, 15) is 4.79 Å². The molecule has 0 N–H and O–H groups in total. The van der Waals surface area contributed by atoms with Crippen LogP contribution in [0.4, 0.5) is 0 Å². The molecular weight excluding hydrogens is 148 g/mol. The Labute approximate surface area is 75.2 Å². The Balaban J connectivity index is 4.11. The Bertz CT molecular complexity index is 193. The fourth-order valence-electron chi connectivity index (χ4n) is 1.03. The lowest BCUT2D eigenvalue weighted by atomic mass is 10.1. The summed E-state index contributed by atoms with van der Waals surface area (Å²) in [7, 11) is 0. The van der Waals surface area contributed by atoms with Crippen molar-refractivity contribution in [1.82, 2.24) is 0 Å². The largest absolute Gasteiger partial charge is 0.295 e. The Morgan fingerprint density at radius 1 is 1.33 bits per heavy atom. The lowest BCUT2D eigenvalue weighted by molar-refractivity contribution is -0.114. The molecule has 0 saturated carbocycles. The molecule has 0 bridgehead atoms. The van der Waals surface area contributed by atoms with Crippen LogP contribution in [-0.2, 0) is 4.79 Å². The van der Waals surface area contributed by atoms with Crippen LogP contribution in [0.1, 0.15) is 40.0 Å². The first-order valence-corrected chi connectivity index (χ1v) is 4.46. The highest BCUT2D eigenvalue weighted by Crippen LogP contribution is 2.07. The second kappa shape index (κ2) is 5.76. The molecular formula is C11H18O. The summed E-state index contributed by atoms with van der Waals surface area (Å²) in [6.07, 6.45) is 4.19. The maximum absolute atomic E-state index is 11.2. The van der Waals surface area contributed by atoms with Gasteiger partial charge in [0.2, 0.25) is 0 Å². The van der Waals surface area contributed by atoms with E-state index >= 15 is 0 Å². The van der Waals surface area contributed by atoms with Gasteiger partial charge in [-0.2, -0.15) is 0 Å². The molecule has 0 aliphatic rings. The quantitative estimate of drug-likeness (QED) is 0.452. The minimum absolute atomic E-state index is 0.182. The average molecular weight is 166 g/mol. The molecule has 0 atom stereocenters. The normalized spacial score (nSPS) is 9.25. The van der Waals surface area contributed by atoms with Gasteiger partial charge in [0.1, 0.15) is 0 Å². The fraction of sp³-hybridized carbons (Fsp3) is 0.545. The van der Waals surface area contributed by atoms with Crippen molar-refractivity contribution in [3.8, 4) is 0 Å². The van der Waals surface area contributed by atoms with Crippen molar-refractivity contribution < 1.29 is 4.79 Å². The zero-order valence-electron chi connectivity index (χ0n) is 8.31. The summed E-state index contributed by atoms with van der Waals surface area (Å²) in [4.78, 5) is 11.2. The average Bonchev–Trinajstić information content (AvgIpc) is 1.98. The van der Waals surface area contributed by atoms with E-state index in [-0.39, 0.29) is 5.78 Å². The number of hydrogen-bond donors (Lipinski definition) is 0. The van der Waals surface area contributed by atoms with Crippen LogP contribution < -0.4 is 0 Å². The second-order valence-corrected chi connectivity index (χ2v) is 3.11. The van der Waals surface area contributed by atoms with Gasteiger partial charge in [0.15, 0.2) is 5.78 Å². The van der Waals surface area contributed by atoms with Crippen molar-refractivity contribution in [1.29, 1.82) is 0 Å². The third-order valence-corrected chi connectivity index (χ3v) is 1.75. The number of carbonyl (C=O) groups excluding carboxylic acids is 1. The molecule has 0 heterocycles. The van der Waals surface area contributed by atoms with Gasteiger partial charge in [-0.15, -0.1) is 0 Å². The number of ketones is 1. The number of rotatable bonds is 5. The summed E-state index contributed by atoms with van der Waals surface area (Å²) in [6, 6.07) is 0. The van der Waals surface area contributed by atoms with Crippen LogP contribution in [0.3, 0.4) is 0 Å². The van der Waals surface area contributed by atoms with Gasteiger partial charge >= 0.3 is 0 Å². The van der Waals surface area contributed by atoms with E-state index < -0.39 is 0 Å². The SMILES string of the molecule is C=C(C)CC(=O)C=C(CC)CC. The highest BCUT2D eigenvalue weighted by atomic mass is 16.1. The summed E-state index contributed by atoms with van der Waals surface area (Å²) in [5.41, 5.74) is 2.16. The highest BCUT2D eigenvalue weighted by Gasteiger charge is 1.99. The molecule has 0 rings (SSSR count). The fourth-order valence-corrected chi connectivity index (χ4v) is 1.03. The van der Waals surface area contributed by atoms with Crippen LogP contribution in [-0.4, -0.2) is 5.78 Å². The van der Waals surface area contributed by atoms with Crippen LogP contribution in [0.25, 0.3) is 0 Å². The van der Waals surface area contributed by atoms with Crippen LogP contribution >= 0.6 is 0 Å². The van der Waals surface area contributed by atoms with Gasteiger partial charge in [-0.3, -0.25) is 4.79 Å². The molecule has 0 aromatic rings. The summed E-state index contributed by atoms with van der Waals surface area (Å²) in [5.74, 6) is 0.182. The third-order valence-electron chi connectivity index (χ3n) is 1.75. The molecule has 12 heavy (non-hydrogen) atoms. The molecule has 0 aliphatic heterocycles. The smallest absolute Gasteiger partial charge is 0.159 e. The molecule has 0 aliphatic carbocycles. The zero-order valence-corrected chi connectivity index (χ0v) is 8.31. The summed E-state index contributed by atoms with van der Waals surface area (Å²) >= 11 is 0. The Morgan fingerprint density at radius 2 is 1.83 bits per heavy atom. The number of carbonyl (C=O) groups is 1. The van der Waals surface area contributed by atoms with E-state index in [0.717, 1.165) is 18.4 Å². The van der Waals surface area contributed by atoms with Crippen LogP contribution in [0, 0.1) is 0 Å². The minimum atomic E-state index is 0.182. The Hall–Kier alpha value is -0.850. The van der Waals surface area contributed by atoms with Gasteiger partial charge in [-0.25, -0.2) is 0 Å². The van der Waals surface area contributed by atoms with Crippen LogP contribution in [0.2, 0.25) is 0 Å². The van der Waals surface area contributed by atoms with E-state index in [0.29, 0.717) is 6.42 Å². The summed E-state index contributed by atoms with van der Waals surface area (Å²) < 4.78 is 0. The number of hydrogen-bond acceptors (Lipinski definition) is 1. The van der Waals surface area contributed by atoms with Crippen molar-refractivity contribution in [3.63, 3.8) is 0 Å². The molecule has 0 amide bonds. The third kappa shape index (κ3) is 4.89. The predicted molar refractivity (Wildman–Crippen MR) is 53.1 cm³/mol. The van der Waals surface area contributed by atoms with Crippen molar-refractivity contribution in [2.24, 2.45) is 0 Å². The molecule has 0 aromatic carbocycles. The molecule has 1 nitrogen and oxygen atoms in total. The lowest BCUT2D eigenvalue weighted by Gasteiger charge is -1.99. The Kier molecular flexibility index (Phi) is 5.35. The molecule has 0 unspecified atom stereocenters. The van der Waals surface area contributed by atoms with Gasteiger partial charge in [-0.1, -0.05) is 31.6 Å². The lowest BCUT2D eigenvalue weighted by Crippen LogP contribution is -1.94. The molecule has 0 spiro atoms. The van der Waals surface area contributed by atoms with E-state index in [4.69, 9.17) is 0 Å². The molecule has 1 heteroatoms. The topological polar surface area (TPSA) is 17.1 Å². The summed E-state index contributed by atoms with van der Waals surface area (Å²) in [6.45, 7) is 9.73. The summed E-state index contributed by atoms with van der Waals surface area (Å²) in [5, 5.41) is 0. The molecule has 0 saturated heterocycles. The first-order valence-electron chi connectivity index (χ1n) is 4.46. The molecule has 68 valence electrons. The van der Waals surface area contributed by atoms with Gasteiger partial charge in [0.25, 0.3) is 0 Å². The van der Waals surface area contributed by atoms with Crippen molar-refractivity contribution in [2.45, 2.75) is 40.0 Å². The maximum atomic E-state index is 11.2. The van der Waals surface area contributed by atoms with Gasteiger partial charge in [0, 0.05) is 6.42 Å². The molecule has 0 aromatic heterocycles. The standard InChI is InChI=1S/C11H18O/c1-5-10(6-2)8-11(12)7-9(3)4/h8H,3,5-7H2,1-2,4H3. The van der Waals surface area contributed by atoms with E-state index in [1.54, 1.807) is 6.08 Å². The van der Waals surface area contributed by atoms with Crippen molar-refractivity contribution >= 4 is 5.78 Å². The second-order valence-electron chi connectivity index (χ2n) is 3.11. The first-order chi connectivity index (χ1) is 5.60. The van der Waals surface area contributed by atoms with Crippen LogP contribution in [0.5, 0.6) is 0 Å². The number of allylic oxidation sites excluding steroid dienone is 3. The highest BCUT2D eigenvalue weighted by molar-refractivity contribution is 5.91. The predicted octanol–water partition coefficient (Wildman–Crippen LogP) is 3.27. The van der Waals surface area contributed by atoms with Crippen LogP contribution in [0.15, 0.2) is 23.8 Å². The monoisotopic (exact) mass is 166 g/mol. The van der Waals surface area contributed by atoms with Crippen molar-refractivity contribution in [2.75, 3.05) is 0 Å². The van der Waals surface area contributed by atoms with Crippen molar-refractivity contribution in [3.05, 3.63) is 23.8 Å². The van der Waals surface area contributed by atoms with E-state index in [2.05, 4.69) is 20.4 Å². The van der Waals surface area contributed by atoms with Gasteiger partial charge in [-0.05, 0) is 25.8 Å².